The highest BCUT2D eigenvalue weighted by Crippen LogP contribution is 2.22. The van der Waals surface area contributed by atoms with Crippen LogP contribution in [0.5, 0.6) is 0 Å². The van der Waals surface area contributed by atoms with Crippen molar-refractivity contribution in [2.75, 3.05) is 26.7 Å². The molecular weight excluding hydrogens is 224 g/mol. The lowest BCUT2D eigenvalue weighted by molar-refractivity contribution is 0.109. The monoisotopic (exact) mass is 256 g/mol. The maximum absolute atomic E-state index is 10.0. The number of likely N-dealkylation sites (tertiary alicyclic amines) is 1. The molecule has 0 aromatic carbocycles. The summed E-state index contributed by atoms with van der Waals surface area (Å²) in [5, 5.41) is 13.5. The van der Waals surface area contributed by atoms with E-state index in [0.717, 1.165) is 18.9 Å². The summed E-state index contributed by atoms with van der Waals surface area (Å²) < 4.78 is 0. The molecule has 2 N–H and O–H groups in total. The van der Waals surface area contributed by atoms with Crippen LogP contribution in [0.3, 0.4) is 0 Å². The van der Waals surface area contributed by atoms with E-state index in [1.165, 1.54) is 25.9 Å². The van der Waals surface area contributed by atoms with E-state index in [0.29, 0.717) is 6.04 Å². The van der Waals surface area contributed by atoms with Crippen molar-refractivity contribution < 1.29 is 5.11 Å². The first-order chi connectivity index (χ1) is 8.28. The van der Waals surface area contributed by atoms with Crippen molar-refractivity contribution in [2.45, 2.75) is 59.1 Å². The molecule has 108 valence electrons. The smallest absolute Gasteiger partial charge is 0.0669 e. The molecule has 2 atom stereocenters. The number of aliphatic hydroxyl groups excluding tert-OH is 1. The second-order valence-corrected chi connectivity index (χ2v) is 7.26. The molecule has 1 aliphatic rings. The van der Waals surface area contributed by atoms with Gasteiger partial charge in [0, 0.05) is 12.6 Å². The normalized spacial score (nSPS) is 23.0. The maximum atomic E-state index is 10.0. The van der Waals surface area contributed by atoms with Gasteiger partial charge in [-0.05, 0) is 57.7 Å². The minimum Gasteiger partial charge on any atom is -0.392 e. The molecule has 1 fully saturated rings. The van der Waals surface area contributed by atoms with Gasteiger partial charge in [-0.3, -0.25) is 0 Å². The lowest BCUT2D eigenvalue weighted by Gasteiger charge is -2.34. The Morgan fingerprint density at radius 2 is 1.83 bits per heavy atom. The van der Waals surface area contributed by atoms with Gasteiger partial charge in [0.15, 0.2) is 0 Å². The molecule has 18 heavy (non-hydrogen) atoms. The molecule has 0 aromatic heterocycles. The average molecular weight is 256 g/mol. The van der Waals surface area contributed by atoms with Crippen molar-refractivity contribution in [3.63, 3.8) is 0 Å². The van der Waals surface area contributed by atoms with Crippen LogP contribution in [0.15, 0.2) is 0 Å². The molecule has 1 rings (SSSR count). The van der Waals surface area contributed by atoms with Crippen LogP contribution >= 0.6 is 0 Å². The van der Waals surface area contributed by atoms with E-state index >= 15 is 0 Å². The van der Waals surface area contributed by atoms with Crippen LogP contribution in [0.4, 0.5) is 0 Å². The Labute approximate surface area is 113 Å². The Morgan fingerprint density at radius 1 is 1.28 bits per heavy atom. The van der Waals surface area contributed by atoms with Gasteiger partial charge in [-0.15, -0.1) is 0 Å². The topological polar surface area (TPSA) is 35.5 Å². The second-order valence-electron chi connectivity index (χ2n) is 7.26. The van der Waals surface area contributed by atoms with E-state index in [1.54, 1.807) is 0 Å². The molecule has 0 saturated carbocycles. The molecule has 0 amide bonds. The predicted octanol–water partition coefficient (Wildman–Crippen LogP) is 2.10. The molecule has 0 radical (unpaired) electrons. The molecule has 3 heteroatoms. The molecule has 3 nitrogen and oxygen atoms in total. The summed E-state index contributed by atoms with van der Waals surface area (Å²) in [5.74, 6) is 0.767. The molecule has 1 heterocycles. The third-order valence-corrected chi connectivity index (χ3v) is 3.99. The maximum Gasteiger partial charge on any atom is 0.0669 e. The SMILES string of the molecule is CC(NCC(O)CC(C)(C)C)C1CCN(C)CC1. The number of hydrogen-bond acceptors (Lipinski definition) is 3. The van der Waals surface area contributed by atoms with Crippen LogP contribution in [-0.2, 0) is 0 Å². The summed E-state index contributed by atoms with van der Waals surface area (Å²) in [6.45, 7) is 11.9. The van der Waals surface area contributed by atoms with Crippen molar-refractivity contribution in [2.24, 2.45) is 11.3 Å². The largest absolute Gasteiger partial charge is 0.392 e. The number of aliphatic hydroxyl groups is 1. The van der Waals surface area contributed by atoms with Crippen LogP contribution in [0.1, 0.15) is 47.0 Å². The third-order valence-electron chi connectivity index (χ3n) is 3.99. The molecule has 0 bridgehead atoms. The van der Waals surface area contributed by atoms with Crippen molar-refractivity contribution >= 4 is 0 Å². The van der Waals surface area contributed by atoms with E-state index in [-0.39, 0.29) is 11.5 Å². The molecule has 0 aromatic rings. The van der Waals surface area contributed by atoms with Gasteiger partial charge >= 0.3 is 0 Å². The molecule has 0 aliphatic carbocycles. The first kappa shape index (κ1) is 15.9. The molecule has 1 aliphatic heterocycles. The number of rotatable bonds is 5. The summed E-state index contributed by atoms with van der Waals surface area (Å²) >= 11 is 0. The van der Waals surface area contributed by atoms with Crippen LogP contribution in [0, 0.1) is 11.3 Å². The van der Waals surface area contributed by atoms with Gasteiger partial charge in [0.1, 0.15) is 0 Å². The van der Waals surface area contributed by atoms with Gasteiger partial charge in [-0.1, -0.05) is 20.8 Å². The van der Waals surface area contributed by atoms with Crippen molar-refractivity contribution in [1.82, 2.24) is 10.2 Å². The predicted molar refractivity (Wildman–Crippen MR) is 77.8 cm³/mol. The molecule has 1 saturated heterocycles. The van der Waals surface area contributed by atoms with Crippen LogP contribution in [0.25, 0.3) is 0 Å². The zero-order valence-electron chi connectivity index (χ0n) is 12.9. The Hall–Kier alpha value is -0.120. The highest BCUT2D eigenvalue weighted by molar-refractivity contribution is 4.80. The number of nitrogens with one attached hydrogen (secondary N) is 1. The standard InChI is InChI=1S/C15H32N2O/c1-12(13-6-8-17(5)9-7-13)16-11-14(18)10-15(2,3)4/h12-14,16,18H,6-11H2,1-5H3. The van der Waals surface area contributed by atoms with E-state index in [4.69, 9.17) is 0 Å². The van der Waals surface area contributed by atoms with Crippen molar-refractivity contribution in [1.29, 1.82) is 0 Å². The van der Waals surface area contributed by atoms with E-state index in [9.17, 15) is 5.11 Å². The van der Waals surface area contributed by atoms with Crippen molar-refractivity contribution in [3.8, 4) is 0 Å². The fraction of sp³-hybridized carbons (Fsp3) is 1.00. The zero-order valence-corrected chi connectivity index (χ0v) is 12.9. The highest BCUT2D eigenvalue weighted by Gasteiger charge is 2.23. The van der Waals surface area contributed by atoms with E-state index in [2.05, 4.69) is 45.0 Å². The van der Waals surface area contributed by atoms with E-state index < -0.39 is 0 Å². The molecule has 0 spiro atoms. The Morgan fingerprint density at radius 3 is 2.33 bits per heavy atom. The number of hydrogen-bond donors (Lipinski definition) is 2. The van der Waals surface area contributed by atoms with Gasteiger partial charge in [0.05, 0.1) is 6.10 Å². The fourth-order valence-electron chi connectivity index (χ4n) is 2.80. The third kappa shape index (κ3) is 6.17. The zero-order chi connectivity index (χ0) is 13.8. The summed E-state index contributed by atoms with van der Waals surface area (Å²) in [6, 6.07) is 0.522. The Bertz CT molecular complexity index is 229. The number of piperidine rings is 1. The fourth-order valence-corrected chi connectivity index (χ4v) is 2.80. The van der Waals surface area contributed by atoms with Crippen LogP contribution in [0.2, 0.25) is 0 Å². The van der Waals surface area contributed by atoms with Gasteiger partial charge < -0.3 is 15.3 Å². The average Bonchev–Trinajstić information content (AvgIpc) is 2.24. The summed E-state index contributed by atoms with van der Waals surface area (Å²) in [4.78, 5) is 2.40. The summed E-state index contributed by atoms with van der Waals surface area (Å²) in [7, 11) is 2.20. The first-order valence-electron chi connectivity index (χ1n) is 7.38. The van der Waals surface area contributed by atoms with Crippen molar-refractivity contribution in [3.05, 3.63) is 0 Å². The Kier molecular flexibility index (Phi) is 6.09. The van der Waals surface area contributed by atoms with Gasteiger partial charge in [-0.25, -0.2) is 0 Å². The quantitative estimate of drug-likeness (QED) is 0.791. The summed E-state index contributed by atoms with van der Waals surface area (Å²) in [6.07, 6.45) is 3.19. The minimum atomic E-state index is -0.223. The number of nitrogens with zero attached hydrogens (tertiary/aromatic N) is 1. The molecular formula is C15H32N2O. The van der Waals surface area contributed by atoms with Crippen LogP contribution < -0.4 is 5.32 Å². The van der Waals surface area contributed by atoms with Gasteiger partial charge in [-0.2, -0.15) is 0 Å². The lowest BCUT2D eigenvalue weighted by atomic mass is 9.88. The lowest BCUT2D eigenvalue weighted by Crippen LogP contribution is -2.43. The minimum absolute atomic E-state index is 0.206. The van der Waals surface area contributed by atoms with Crippen LogP contribution in [-0.4, -0.2) is 48.8 Å². The highest BCUT2D eigenvalue weighted by atomic mass is 16.3. The second kappa shape index (κ2) is 6.88. The van der Waals surface area contributed by atoms with Gasteiger partial charge in [0.2, 0.25) is 0 Å². The summed E-state index contributed by atoms with van der Waals surface area (Å²) in [5.41, 5.74) is 0.206. The van der Waals surface area contributed by atoms with Gasteiger partial charge in [0.25, 0.3) is 0 Å². The van der Waals surface area contributed by atoms with E-state index in [1.807, 2.05) is 0 Å². The Balaban J connectivity index is 2.22. The first-order valence-corrected chi connectivity index (χ1v) is 7.38. The molecule has 2 unspecified atom stereocenters.